The van der Waals surface area contributed by atoms with Crippen molar-refractivity contribution >= 4 is 39.9 Å². The average Bonchev–Trinajstić information content (AvgIpc) is 3.18. The highest BCUT2D eigenvalue weighted by atomic mass is 35.5. The van der Waals surface area contributed by atoms with Gasteiger partial charge in [-0.05, 0) is 29.3 Å². The third kappa shape index (κ3) is 3.15. The maximum Gasteiger partial charge on any atom is 0.320 e. The summed E-state index contributed by atoms with van der Waals surface area (Å²) < 4.78 is 0. The number of carbonyl (C=O) groups excluding carboxylic acids is 1. The molecule has 1 atom stereocenters. The number of aromatic amines is 1. The molecule has 0 saturated heterocycles. The maximum absolute atomic E-state index is 12.6. The summed E-state index contributed by atoms with van der Waals surface area (Å²) in [6.07, 6.45) is 0. The number of nitrogens with zero attached hydrogens (tertiary/aromatic N) is 1. The van der Waals surface area contributed by atoms with E-state index in [1.165, 1.54) is 0 Å². The number of benzene rings is 3. The lowest BCUT2D eigenvalue weighted by Crippen LogP contribution is -2.43. The minimum atomic E-state index is -0.451. The summed E-state index contributed by atoms with van der Waals surface area (Å²) in [7, 11) is 0. The summed E-state index contributed by atoms with van der Waals surface area (Å²) in [5.41, 5.74) is 5.04. The predicted octanol–water partition coefficient (Wildman–Crippen LogP) is 5.14. The summed E-state index contributed by atoms with van der Waals surface area (Å²) in [6, 6.07) is 24.4. The molecule has 1 aromatic heterocycles. The zero-order valence-electron chi connectivity index (χ0n) is 15.3. The molecule has 0 radical (unpaired) electrons. The third-order valence-electron chi connectivity index (χ3n) is 5.00. The highest BCUT2D eigenvalue weighted by Gasteiger charge is 2.32. The molecule has 0 unspecified atom stereocenters. The Labute approximate surface area is 172 Å². The number of hydrogen-bond acceptors (Lipinski definition) is 2. The van der Waals surface area contributed by atoms with Crippen molar-refractivity contribution < 1.29 is 4.79 Å². The van der Waals surface area contributed by atoms with Crippen molar-refractivity contribution in [2.75, 3.05) is 0 Å². The molecule has 0 fully saturated rings. The van der Waals surface area contributed by atoms with Crippen molar-refractivity contribution in [1.82, 2.24) is 20.6 Å². The molecule has 3 aromatic carbocycles. The smallest absolute Gasteiger partial charge is 0.320 e. The molecule has 1 aliphatic heterocycles. The fraction of sp³-hybridized carbons (Fsp3) is 0.0435. The van der Waals surface area contributed by atoms with Crippen LogP contribution in [0.2, 0.25) is 5.02 Å². The fourth-order valence-electron chi connectivity index (χ4n) is 3.67. The Kier molecular flexibility index (Phi) is 4.30. The van der Waals surface area contributed by atoms with Gasteiger partial charge in [-0.3, -0.25) is 0 Å². The number of urea groups is 1. The van der Waals surface area contributed by atoms with E-state index in [2.05, 4.69) is 15.6 Å². The quantitative estimate of drug-likeness (QED) is 0.445. The third-order valence-corrected chi connectivity index (χ3v) is 5.34. The Bertz CT molecular complexity index is 1210. The fourth-order valence-corrected chi connectivity index (χ4v) is 3.92. The van der Waals surface area contributed by atoms with E-state index in [4.69, 9.17) is 16.6 Å². The minimum absolute atomic E-state index is 0.284. The van der Waals surface area contributed by atoms with E-state index in [1.807, 2.05) is 78.9 Å². The highest BCUT2D eigenvalue weighted by Crippen LogP contribution is 2.39. The van der Waals surface area contributed by atoms with E-state index in [-0.39, 0.29) is 6.03 Å². The molecule has 6 heteroatoms. The van der Waals surface area contributed by atoms with E-state index in [0.29, 0.717) is 16.5 Å². The van der Waals surface area contributed by atoms with E-state index in [9.17, 15) is 4.79 Å². The van der Waals surface area contributed by atoms with E-state index in [1.54, 1.807) is 0 Å². The van der Waals surface area contributed by atoms with E-state index >= 15 is 0 Å². The summed E-state index contributed by atoms with van der Waals surface area (Å²) >= 11 is 6.51. The lowest BCUT2D eigenvalue weighted by atomic mass is 9.92. The Morgan fingerprint density at radius 1 is 0.862 bits per heavy atom. The van der Waals surface area contributed by atoms with Crippen LogP contribution in [0.1, 0.15) is 23.0 Å². The van der Waals surface area contributed by atoms with Gasteiger partial charge in [0.1, 0.15) is 5.82 Å². The van der Waals surface area contributed by atoms with Crippen LogP contribution < -0.4 is 10.6 Å². The number of para-hydroxylation sites is 2. The van der Waals surface area contributed by atoms with Crippen molar-refractivity contribution in [3.63, 3.8) is 0 Å². The van der Waals surface area contributed by atoms with Crippen molar-refractivity contribution in [3.05, 3.63) is 101 Å². The van der Waals surface area contributed by atoms with Gasteiger partial charge in [0, 0.05) is 10.6 Å². The summed E-state index contributed by atoms with van der Waals surface area (Å²) in [6.45, 7) is 0. The molecule has 142 valence electrons. The molecule has 3 N–H and O–H groups in total. The number of carbonyl (C=O) groups is 1. The van der Waals surface area contributed by atoms with Crippen LogP contribution in [0.3, 0.4) is 0 Å². The lowest BCUT2D eigenvalue weighted by molar-refractivity contribution is 0.242. The van der Waals surface area contributed by atoms with Crippen LogP contribution in [0.25, 0.3) is 22.3 Å². The molecule has 0 saturated carbocycles. The Morgan fingerprint density at radius 3 is 2.38 bits per heavy atom. The average molecular weight is 401 g/mol. The molecular formula is C23H17ClN4O. The first-order valence-electron chi connectivity index (χ1n) is 9.27. The van der Waals surface area contributed by atoms with Gasteiger partial charge in [0.15, 0.2) is 0 Å². The number of nitrogens with one attached hydrogen (secondary N) is 3. The van der Waals surface area contributed by atoms with Crippen molar-refractivity contribution in [1.29, 1.82) is 0 Å². The van der Waals surface area contributed by atoms with Gasteiger partial charge in [-0.15, -0.1) is 0 Å². The van der Waals surface area contributed by atoms with Crippen LogP contribution in [-0.4, -0.2) is 16.0 Å². The number of imidazole rings is 1. The van der Waals surface area contributed by atoms with Crippen LogP contribution in [0.5, 0.6) is 0 Å². The van der Waals surface area contributed by atoms with Gasteiger partial charge in [-0.1, -0.05) is 72.3 Å². The van der Waals surface area contributed by atoms with Gasteiger partial charge in [0.05, 0.1) is 22.8 Å². The number of amides is 2. The molecule has 0 bridgehead atoms. The van der Waals surface area contributed by atoms with Crippen LogP contribution >= 0.6 is 11.6 Å². The summed E-state index contributed by atoms with van der Waals surface area (Å²) in [5, 5.41) is 6.57. The monoisotopic (exact) mass is 400 g/mol. The topological polar surface area (TPSA) is 69.8 Å². The van der Waals surface area contributed by atoms with Crippen LogP contribution in [0.4, 0.5) is 4.79 Å². The molecule has 2 amide bonds. The first-order valence-corrected chi connectivity index (χ1v) is 9.65. The molecule has 1 aliphatic rings. The van der Waals surface area contributed by atoms with Crippen molar-refractivity contribution in [3.8, 4) is 0 Å². The number of aromatic nitrogens is 2. The molecule has 29 heavy (non-hydrogen) atoms. The number of fused-ring (bicyclic) bond motifs is 1. The maximum atomic E-state index is 12.6. The van der Waals surface area contributed by atoms with Gasteiger partial charge >= 0.3 is 6.03 Å². The molecule has 2 heterocycles. The Balaban J connectivity index is 1.79. The van der Waals surface area contributed by atoms with Gasteiger partial charge < -0.3 is 15.6 Å². The van der Waals surface area contributed by atoms with Crippen LogP contribution in [0.15, 0.2) is 78.9 Å². The second-order valence-electron chi connectivity index (χ2n) is 6.81. The van der Waals surface area contributed by atoms with E-state index in [0.717, 1.165) is 27.7 Å². The second-order valence-corrected chi connectivity index (χ2v) is 7.22. The minimum Gasteiger partial charge on any atom is -0.338 e. The van der Waals surface area contributed by atoms with Crippen molar-refractivity contribution in [2.24, 2.45) is 0 Å². The van der Waals surface area contributed by atoms with Gasteiger partial charge in [0.2, 0.25) is 0 Å². The number of H-pyrrole nitrogens is 1. The van der Waals surface area contributed by atoms with Crippen LogP contribution in [0, 0.1) is 0 Å². The standard InChI is InChI=1S/C23H17ClN4O/c24-16-11-5-4-10-15(16)21-19(22-25-17-12-6-7-13-18(17)26-22)20(27-23(29)28-21)14-8-2-1-3-9-14/h1-13,21H,(H,25,26)(H2,27,28,29)/t21-/m0/s1. The number of hydrogen-bond donors (Lipinski definition) is 3. The Morgan fingerprint density at radius 2 is 1.59 bits per heavy atom. The normalized spacial score (nSPS) is 16.6. The zero-order chi connectivity index (χ0) is 19.8. The van der Waals surface area contributed by atoms with E-state index < -0.39 is 6.04 Å². The molecule has 0 spiro atoms. The van der Waals surface area contributed by atoms with Crippen molar-refractivity contribution in [2.45, 2.75) is 6.04 Å². The van der Waals surface area contributed by atoms with Gasteiger partial charge in [-0.2, -0.15) is 0 Å². The zero-order valence-corrected chi connectivity index (χ0v) is 16.1. The number of halogens is 1. The molecular weight excluding hydrogens is 384 g/mol. The largest absolute Gasteiger partial charge is 0.338 e. The first kappa shape index (κ1) is 17.5. The SMILES string of the molecule is O=C1NC(c2ccccc2)=C(c2nc3ccccc3[nH]2)[C@H](c2ccccc2Cl)N1. The molecule has 5 nitrogen and oxygen atoms in total. The van der Waals surface area contributed by atoms with Crippen LogP contribution in [-0.2, 0) is 0 Å². The first-order chi connectivity index (χ1) is 14.2. The van der Waals surface area contributed by atoms with Gasteiger partial charge in [0.25, 0.3) is 0 Å². The molecule has 0 aliphatic carbocycles. The molecule has 4 aromatic rings. The number of rotatable bonds is 3. The Hall–Kier alpha value is -3.57. The molecule has 5 rings (SSSR count). The highest BCUT2D eigenvalue weighted by molar-refractivity contribution is 6.31. The predicted molar refractivity (Wildman–Crippen MR) is 115 cm³/mol. The lowest BCUT2D eigenvalue weighted by Gasteiger charge is -2.30. The summed E-state index contributed by atoms with van der Waals surface area (Å²) in [4.78, 5) is 20.8. The second kappa shape index (κ2) is 7.11. The van der Waals surface area contributed by atoms with Gasteiger partial charge in [-0.25, -0.2) is 9.78 Å². The summed E-state index contributed by atoms with van der Waals surface area (Å²) in [5.74, 6) is 0.683.